The quantitative estimate of drug-likeness (QED) is 0.733. The third-order valence-corrected chi connectivity index (χ3v) is 3.44. The molecule has 2 atom stereocenters. The Morgan fingerprint density at radius 3 is 2.87 bits per heavy atom. The van der Waals surface area contributed by atoms with Crippen LogP contribution in [0.3, 0.4) is 0 Å². The molecule has 0 aromatic carbocycles. The molecule has 0 aromatic heterocycles. The molecule has 2 unspecified atom stereocenters. The normalized spacial score (nSPS) is 25.4. The van der Waals surface area contributed by atoms with E-state index in [2.05, 4.69) is 11.8 Å². The van der Waals surface area contributed by atoms with E-state index in [9.17, 15) is 5.11 Å². The van der Waals surface area contributed by atoms with E-state index in [0.29, 0.717) is 0 Å². The lowest BCUT2D eigenvalue weighted by Crippen LogP contribution is -2.40. The van der Waals surface area contributed by atoms with Gasteiger partial charge >= 0.3 is 0 Å². The van der Waals surface area contributed by atoms with E-state index >= 15 is 0 Å². The van der Waals surface area contributed by atoms with Gasteiger partial charge in [-0.25, -0.2) is 0 Å². The Morgan fingerprint density at radius 2 is 2.20 bits per heavy atom. The SMILES string of the molecule is CCCC1CCCCN1CCCC(C)O. The maximum atomic E-state index is 9.23. The molecular weight excluding hydrogens is 186 g/mol. The smallest absolute Gasteiger partial charge is 0.0512 e. The Balaban J connectivity index is 2.23. The van der Waals surface area contributed by atoms with Crippen LogP contribution in [0.2, 0.25) is 0 Å². The Kier molecular flexibility index (Phi) is 6.26. The van der Waals surface area contributed by atoms with E-state index < -0.39 is 0 Å². The lowest BCUT2D eigenvalue weighted by Gasteiger charge is -2.35. The van der Waals surface area contributed by atoms with Crippen LogP contribution in [-0.2, 0) is 0 Å². The van der Waals surface area contributed by atoms with Crippen molar-refractivity contribution in [3.05, 3.63) is 0 Å². The largest absolute Gasteiger partial charge is 0.393 e. The summed E-state index contributed by atoms with van der Waals surface area (Å²) in [6, 6.07) is 0.831. The van der Waals surface area contributed by atoms with E-state index in [1.807, 2.05) is 6.92 Å². The highest BCUT2D eigenvalue weighted by molar-refractivity contribution is 4.76. The summed E-state index contributed by atoms with van der Waals surface area (Å²) in [5.74, 6) is 0. The summed E-state index contributed by atoms with van der Waals surface area (Å²) >= 11 is 0. The highest BCUT2D eigenvalue weighted by Crippen LogP contribution is 2.21. The number of hydrogen-bond acceptors (Lipinski definition) is 2. The van der Waals surface area contributed by atoms with Crippen molar-refractivity contribution >= 4 is 0 Å². The molecule has 1 aliphatic rings. The molecule has 1 aliphatic heterocycles. The van der Waals surface area contributed by atoms with E-state index in [1.165, 1.54) is 45.2 Å². The lowest BCUT2D eigenvalue weighted by atomic mass is 9.98. The van der Waals surface area contributed by atoms with Gasteiger partial charge in [0.05, 0.1) is 6.10 Å². The zero-order chi connectivity index (χ0) is 11.1. The first-order valence-corrected chi connectivity index (χ1v) is 6.66. The highest BCUT2D eigenvalue weighted by Gasteiger charge is 2.20. The van der Waals surface area contributed by atoms with Crippen LogP contribution in [0, 0.1) is 0 Å². The highest BCUT2D eigenvalue weighted by atomic mass is 16.3. The molecule has 0 amide bonds. The third kappa shape index (κ3) is 4.98. The Morgan fingerprint density at radius 1 is 1.40 bits per heavy atom. The molecule has 1 heterocycles. The number of likely N-dealkylation sites (tertiary alicyclic amines) is 1. The van der Waals surface area contributed by atoms with Gasteiger partial charge in [-0.3, -0.25) is 0 Å². The molecule has 0 radical (unpaired) electrons. The molecule has 2 nitrogen and oxygen atoms in total. The number of rotatable bonds is 6. The first-order valence-electron chi connectivity index (χ1n) is 6.66. The summed E-state index contributed by atoms with van der Waals surface area (Å²) in [6.07, 6.45) is 8.81. The minimum Gasteiger partial charge on any atom is -0.393 e. The standard InChI is InChI=1S/C13H27NO/c1-3-7-13-9-4-5-10-14(13)11-6-8-12(2)15/h12-13,15H,3-11H2,1-2H3. The molecule has 1 N–H and O–H groups in total. The van der Waals surface area contributed by atoms with Crippen molar-refractivity contribution in [1.29, 1.82) is 0 Å². The molecule has 15 heavy (non-hydrogen) atoms. The van der Waals surface area contributed by atoms with Crippen LogP contribution in [0.4, 0.5) is 0 Å². The summed E-state index contributed by atoms with van der Waals surface area (Å²) in [6.45, 7) is 6.64. The van der Waals surface area contributed by atoms with Gasteiger partial charge in [0.15, 0.2) is 0 Å². The average molecular weight is 213 g/mol. The van der Waals surface area contributed by atoms with Crippen molar-refractivity contribution in [1.82, 2.24) is 4.90 Å². The molecule has 1 rings (SSSR count). The molecule has 90 valence electrons. The van der Waals surface area contributed by atoms with Crippen molar-refractivity contribution in [2.45, 2.75) is 70.9 Å². The molecule has 0 aromatic rings. The van der Waals surface area contributed by atoms with Crippen molar-refractivity contribution in [2.24, 2.45) is 0 Å². The van der Waals surface area contributed by atoms with Gasteiger partial charge in [0.2, 0.25) is 0 Å². The topological polar surface area (TPSA) is 23.5 Å². The number of piperidine rings is 1. The fourth-order valence-electron chi connectivity index (χ4n) is 2.60. The summed E-state index contributed by atoms with van der Waals surface area (Å²) in [7, 11) is 0. The van der Waals surface area contributed by atoms with Crippen molar-refractivity contribution in [2.75, 3.05) is 13.1 Å². The molecule has 1 fully saturated rings. The first-order chi connectivity index (χ1) is 7.24. The lowest BCUT2D eigenvalue weighted by molar-refractivity contribution is 0.123. The molecule has 2 heteroatoms. The molecule has 0 aliphatic carbocycles. The maximum Gasteiger partial charge on any atom is 0.0512 e. The van der Waals surface area contributed by atoms with Gasteiger partial charge in [-0.05, 0) is 52.1 Å². The minimum absolute atomic E-state index is 0.126. The van der Waals surface area contributed by atoms with Crippen LogP contribution in [0.1, 0.15) is 58.8 Å². The van der Waals surface area contributed by atoms with Crippen LogP contribution in [0.25, 0.3) is 0 Å². The van der Waals surface area contributed by atoms with Gasteiger partial charge in [-0.1, -0.05) is 19.8 Å². The summed E-state index contributed by atoms with van der Waals surface area (Å²) in [5, 5.41) is 9.23. The summed E-state index contributed by atoms with van der Waals surface area (Å²) < 4.78 is 0. The molecule has 0 spiro atoms. The monoisotopic (exact) mass is 213 g/mol. The van der Waals surface area contributed by atoms with Crippen LogP contribution < -0.4 is 0 Å². The third-order valence-electron chi connectivity index (χ3n) is 3.44. The number of aliphatic hydroxyl groups excluding tert-OH is 1. The van der Waals surface area contributed by atoms with E-state index in [4.69, 9.17) is 0 Å². The predicted molar refractivity (Wildman–Crippen MR) is 65.0 cm³/mol. The van der Waals surface area contributed by atoms with E-state index in [0.717, 1.165) is 18.9 Å². The Labute approximate surface area is 94.7 Å². The number of hydrogen-bond donors (Lipinski definition) is 1. The number of nitrogens with zero attached hydrogens (tertiary/aromatic N) is 1. The van der Waals surface area contributed by atoms with Crippen molar-refractivity contribution < 1.29 is 5.11 Å². The second-order valence-electron chi connectivity index (χ2n) is 4.97. The van der Waals surface area contributed by atoms with Crippen LogP contribution in [0.5, 0.6) is 0 Å². The molecule has 1 saturated heterocycles. The Bertz CT molecular complexity index is 157. The molecular formula is C13H27NO. The van der Waals surface area contributed by atoms with Crippen molar-refractivity contribution in [3.63, 3.8) is 0 Å². The summed E-state index contributed by atoms with van der Waals surface area (Å²) in [4.78, 5) is 2.65. The van der Waals surface area contributed by atoms with Gasteiger partial charge in [0.1, 0.15) is 0 Å². The Hall–Kier alpha value is -0.0800. The molecule has 0 bridgehead atoms. The fourth-order valence-corrected chi connectivity index (χ4v) is 2.60. The van der Waals surface area contributed by atoms with Gasteiger partial charge in [0, 0.05) is 6.04 Å². The second-order valence-corrected chi connectivity index (χ2v) is 4.97. The predicted octanol–water partition coefficient (Wildman–Crippen LogP) is 2.80. The first kappa shape index (κ1) is 13.0. The van der Waals surface area contributed by atoms with Crippen LogP contribution in [-0.4, -0.2) is 35.2 Å². The molecule has 0 saturated carbocycles. The van der Waals surface area contributed by atoms with Gasteiger partial charge in [-0.15, -0.1) is 0 Å². The zero-order valence-corrected chi connectivity index (χ0v) is 10.4. The zero-order valence-electron chi connectivity index (χ0n) is 10.4. The van der Waals surface area contributed by atoms with Gasteiger partial charge < -0.3 is 10.0 Å². The average Bonchev–Trinajstić information content (AvgIpc) is 2.20. The van der Waals surface area contributed by atoms with E-state index in [-0.39, 0.29) is 6.10 Å². The fraction of sp³-hybridized carbons (Fsp3) is 1.00. The minimum atomic E-state index is -0.126. The maximum absolute atomic E-state index is 9.23. The van der Waals surface area contributed by atoms with Gasteiger partial charge in [0.25, 0.3) is 0 Å². The van der Waals surface area contributed by atoms with Crippen LogP contribution >= 0.6 is 0 Å². The van der Waals surface area contributed by atoms with Gasteiger partial charge in [-0.2, -0.15) is 0 Å². The van der Waals surface area contributed by atoms with E-state index in [1.54, 1.807) is 0 Å². The number of aliphatic hydroxyl groups is 1. The summed E-state index contributed by atoms with van der Waals surface area (Å²) in [5.41, 5.74) is 0. The van der Waals surface area contributed by atoms with Crippen molar-refractivity contribution in [3.8, 4) is 0 Å². The second kappa shape index (κ2) is 7.24. The van der Waals surface area contributed by atoms with Crippen LogP contribution in [0.15, 0.2) is 0 Å².